The molecular formula is C12H15ClFN. The molecule has 1 N–H and O–H groups in total. The molecule has 0 radical (unpaired) electrons. The lowest BCUT2D eigenvalue weighted by Crippen LogP contribution is -2.21. The lowest BCUT2D eigenvalue weighted by molar-refractivity contribution is 0.498. The Morgan fingerprint density at radius 1 is 1.47 bits per heavy atom. The fraction of sp³-hybridized carbons (Fsp3) is 0.500. The maximum atomic E-state index is 13.1. The summed E-state index contributed by atoms with van der Waals surface area (Å²) in [6, 6.07) is 4.93. The molecule has 1 aromatic rings. The van der Waals surface area contributed by atoms with Crippen molar-refractivity contribution in [3.05, 3.63) is 34.6 Å². The Bertz CT molecular complexity index is 361. The Balaban J connectivity index is 1.90. The van der Waals surface area contributed by atoms with Crippen LogP contribution in [0, 0.1) is 11.2 Å². The van der Waals surface area contributed by atoms with Crippen LogP contribution in [0.3, 0.4) is 0 Å². The second-order valence-electron chi connectivity index (χ2n) is 4.63. The van der Waals surface area contributed by atoms with E-state index in [0.29, 0.717) is 12.0 Å². The van der Waals surface area contributed by atoms with Gasteiger partial charge < -0.3 is 5.32 Å². The van der Waals surface area contributed by atoms with Crippen LogP contribution in [0.15, 0.2) is 18.2 Å². The third-order valence-corrected chi connectivity index (χ3v) is 3.43. The average molecular weight is 228 g/mol. The van der Waals surface area contributed by atoms with E-state index in [4.69, 9.17) is 11.6 Å². The molecule has 2 rings (SSSR count). The zero-order valence-corrected chi connectivity index (χ0v) is 9.57. The molecule has 0 aromatic heterocycles. The molecule has 0 unspecified atom stereocenters. The highest BCUT2D eigenvalue weighted by Gasteiger charge is 2.36. The smallest absolute Gasteiger partial charge is 0.142 e. The Morgan fingerprint density at radius 2 is 2.20 bits per heavy atom. The zero-order valence-electron chi connectivity index (χ0n) is 8.82. The molecule has 0 amide bonds. The fourth-order valence-electron chi connectivity index (χ4n) is 1.57. The van der Waals surface area contributed by atoms with Gasteiger partial charge in [0, 0.05) is 13.1 Å². The summed E-state index contributed by atoms with van der Waals surface area (Å²) >= 11 is 5.84. The van der Waals surface area contributed by atoms with E-state index in [2.05, 4.69) is 12.2 Å². The van der Waals surface area contributed by atoms with Gasteiger partial charge >= 0.3 is 0 Å². The highest BCUT2D eigenvalue weighted by Crippen LogP contribution is 2.44. The van der Waals surface area contributed by atoms with Gasteiger partial charge in [0.1, 0.15) is 5.82 Å². The highest BCUT2D eigenvalue weighted by molar-refractivity contribution is 6.31. The Hall–Kier alpha value is -0.600. The molecule has 1 fully saturated rings. The molecule has 0 aliphatic heterocycles. The van der Waals surface area contributed by atoms with Crippen LogP contribution in [-0.2, 0) is 6.54 Å². The Labute approximate surface area is 94.6 Å². The third-order valence-electron chi connectivity index (χ3n) is 3.00. The van der Waals surface area contributed by atoms with Crippen molar-refractivity contribution >= 4 is 11.6 Å². The van der Waals surface area contributed by atoms with E-state index < -0.39 is 0 Å². The fourth-order valence-corrected chi connectivity index (χ4v) is 1.77. The summed E-state index contributed by atoms with van der Waals surface area (Å²) in [7, 11) is 0. The first-order chi connectivity index (χ1) is 7.11. The lowest BCUT2D eigenvalue weighted by atomic mass is 10.1. The van der Waals surface area contributed by atoms with Gasteiger partial charge in [-0.3, -0.25) is 0 Å². The van der Waals surface area contributed by atoms with Crippen LogP contribution in [0.25, 0.3) is 0 Å². The summed E-state index contributed by atoms with van der Waals surface area (Å²) in [6.45, 7) is 3.89. The summed E-state index contributed by atoms with van der Waals surface area (Å²) in [5.41, 5.74) is 1.31. The maximum absolute atomic E-state index is 13.1. The molecule has 82 valence electrons. The maximum Gasteiger partial charge on any atom is 0.142 e. The molecule has 3 heteroatoms. The summed E-state index contributed by atoms with van der Waals surface area (Å²) in [5.74, 6) is -0.339. The molecule has 1 nitrogen and oxygen atoms in total. The van der Waals surface area contributed by atoms with Crippen LogP contribution in [0.5, 0.6) is 0 Å². The Morgan fingerprint density at radius 3 is 2.87 bits per heavy atom. The molecule has 1 aromatic carbocycles. The standard InChI is InChI=1S/C12H15ClFN/c1-12(5-6-12)8-15-7-9-3-2-4-10(14)11(9)13/h2-4,15H,5-8H2,1H3. The number of nitrogens with one attached hydrogen (secondary N) is 1. The monoisotopic (exact) mass is 227 g/mol. The molecular weight excluding hydrogens is 213 g/mol. The van der Waals surface area contributed by atoms with Gasteiger partial charge in [0.05, 0.1) is 5.02 Å². The number of hydrogen-bond donors (Lipinski definition) is 1. The van der Waals surface area contributed by atoms with Crippen LogP contribution >= 0.6 is 11.6 Å². The lowest BCUT2D eigenvalue weighted by Gasteiger charge is -2.11. The predicted octanol–water partition coefficient (Wildman–Crippen LogP) is 3.37. The van der Waals surface area contributed by atoms with E-state index in [1.807, 2.05) is 6.07 Å². The van der Waals surface area contributed by atoms with Crippen LogP contribution in [-0.4, -0.2) is 6.54 Å². The van der Waals surface area contributed by atoms with E-state index in [1.54, 1.807) is 6.07 Å². The molecule has 0 saturated heterocycles. The van der Waals surface area contributed by atoms with E-state index in [-0.39, 0.29) is 10.8 Å². The van der Waals surface area contributed by atoms with Crippen LogP contribution in [0.4, 0.5) is 4.39 Å². The zero-order chi connectivity index (χ0) is 10.9. The van der Waals surface area contributed by atoms with Crippen LogP contribution < -0.4 is 5.32 Å². The topological polar surface area (TPSA) is 12.0 Å². The largest absolute Gasteiger partial charge is 0.312 e. The van der Waals surface area contributed by atoms with Crippen molar-refractivity contribution in [3.63, 3.8) is 0 Å². The van der Waals surface area contributed by atoms with E-state index in [1.165, 1.54) is 18.9 Å². The van der Waals surface area contributed by atoms with Gasteiger partial charge in [-0.2, -0.15) is 0 Å². The molecule has 1 aliphatic carbocycles. The third kappa shape index (κ3) is 2.70. The van der Waals surface area contributed by atoms with Gasteiger partial charge in [-0.1, -0.05) is 30.7 Å². The second-order valence-corrected chi connectivity index (χ2v) is 5.01. The minimum atomic E-state index is -0.339. The molecule has 15 heavy (non-hydrogen) atoms. The number of rotatable bonds is 4. The van der Waals surface area contributed by atoms with Gasteiger partial charge in [0.15, 0.2) is 0 Å². The summed E-state index contributed by atoms with van der Waals surface area (Å²) in [4.78, 5) is 0. The number of halogens is 2. The van der Waals surface area contributed by atoms with Crippen molar-refractivity contribution in [2.45, 2.75) is 26.3 Å². The summed E-state index contributed by atoms with van der Waals surface area (Å²) in [5, 5.41) is 3.56. The molecule has 0 heterocycles. The van der Waals surface area contributed by atoms with E-state index in [9.17, 15) is 4.39 Å². The van der Waals surface area contributed by atoms with Crippen LogP contribution in [0.2, 0.25) is 5.02 Å². The quantitative estimate of drug-likeness (QED) is 0.832. The molecule has 1 aliphatic rings. The van der Waals surface area contributed by atoms with Gasteiger partial charge in [-0.15, -0.1) is 0 Å². The average Bonchev–Trinajstić information content (AvgIpc) is 2.92. The van der Waals surface area contributed by atoms with Gasteiger partial charge in [-0.25, -0.2) is 4.39 Å². The molecule has 0 atom stereocenters. The van der Waals surface area contributed by atoms with Crippen molar-refractivity contribution in [2.75, 3.05) is 6.54 Å². The van der Waals surface area contributed by atoms with Crippen LogP contribution in [0.1, 0.15) is 25.3 Å². The van der Waals surface area contributed by atoms with Crippen molar-refractivity contribution in [2.24, 2.45) is 5.41 Å². The SMILES string of the molecule is CC1(CNCc2cccc(F)c2Cl)CC1. The molecule has 1 saturated carbocycles. The minimum Gasteiger partial charge on any atom is -0.312 e. The first-order valence-electron chi connectivity index (χ1n) is 5.24. The van der Waals surface area contributed by atoms with Gasteiger partial charge in [0.25, 0.3) is 0 Å². The second kappa shape index (κ2) is 4.11. The first-order valence-corrected chi connectivity index (χ1v) is 5.62. The van der Waals surface area contributed by atoms with E-state index >= 15 is 0 Å². The van der Waals surface area contributed by atoms with E-state index in [0.717, 1.165) is 12.1 Å². The molecule has 0 bridgehead atoms. The summed E-state index contributed by atoms with van der Waals surface area (Å²) < 4.78 is 13.1. The van der Waals surface area contributed by atoms with Crippen molar-refractivity contribution in [3.8, 4) is 0 Å². The highest BCUT2D eigenvalue weighted by atomic mass is 35.5. The molecule has 0 spiro atoms. The first kappa shape index (κ1) is 10.9. The minimum absolute atomic E-state index is 0.242. The number of benzene rings is 1. The summed E-state index contributed by atoms with van der Waals surface area (Å²) in [6.07, 6.45) is 2.58. The van der Waals surface area contributed by atoms with Gasteiger partial charge in [0.2, 0.25) is 0 Å². The van der Waals surface area contributed by atoms with Gasteiger partial charge in [-0.05, 0) is 29.9 Å². The Kier molecular flexibility index (Phi) is 2.98. The van der Waals surface area contributed by atoms with Crippen molar-refractivity contribution in [1.82, 2.24) is 5.32 Å². The van der Waals surface area contributed by atoms with Crippen molar-refractivity contribution < 1.29 is 4.39 Å². The van der Waals surface area contributed by atoms with Crippen molar-refractivity contribution in [1.29, 1.82) is 0 Å². The normalized spacial score (nSPS) is 17.8. The predicted molar refractivity (Wildman–Crippen MR) is 60.5 cm³/mol. The number of hydrogen-bond acceptors (Lipinski definition) is 1.